The smallest absolute Gasteiger partial charge is 0.322 e. The number of esters is 1. The second kappa shape index (κ2) is 7.37. The quantitative estimate of drug-likeness (QED) is 0.854. The molecular weight excluding hydrogens is 265 g/mol. The van der Waals surface area contributed by atoms with E-state index in [4.69, 9.17) is 22.1 Å². The Balaban J connectivity index is 0.00000256. The normalized spacial score (nSPS) is 11.3. The molecule has 0 heterocycles. The van der Waals surface area contributed by atoms with Gasteiger partial charge in [0.2, 0.25) is 0 Å². The Labute approximate surface area is 111 Å². The van der Waals surface area contributed by atoms with Crippen molar-refractivity contribution in [2.24, 2.45) is 5.73 Å². The molecule has 4 nitrogen and oxygen atoms in total. The Morgan fingerprint density at radius 2 is 2.12 bits per heavy atom. The average Bonchev–Trinajstić information content (AvgIpc) is 2.30. The van der Waals surface area contributed by atoms with Crippen molar-refractivity contribution >= 4 is 30.0 Å². The zero-order valence-electron chi connectivity index (χ0n) is 9.60. The molecule has 0 amide bonds. The van der Waals surface area contributed by atoms with Crippen molar-refractivity contribution in [3.8, 4) is 5.75 Å². The van der Waals surface area contributed by atoms with Gasteiger partial charge in [-0.2, -0.15) is 0 Å². The van der Waals surface area contributed by atoms with Gasteiger partial charge in [0, 0.05) is 0 Å². The number of benzene rings is 1. The summed E-state index contributed by atoms with van der Waals surface area (Å²) in [5.74, 6) is 0.130. The summed E-state index contributed by atoms with van der Waals surface area (Å²) < 4.78 is 9.61. The molecule has 0 spiro atoms. The van der Waals surface area contributed by atoms with Crippen LogP contribution in [0.2, 0.25) is 5.02 Å². The Bertz CT molecular complexity index is 385. The van der Waals surface area contributed by atoms with Crippen LogP contribution in [0.3, 0.4) is 0 Å². The largest absolute Gasteiger partial charge is 0.495 e. The second-order valence-corrected chi connectivity index (χ2v) is 3.71. The lowest BCUT2D eigenvalue weighted by Gasteiger charge is -2.10. The molecule has 0 aliphatic heterocycles. The summed E-state index contributed by atoms with van der Waals surface area (Å²) in [6.07, 6.45) is 0.389. The predicted molar refractivity (Wildman–Crippen MR) is 68.9 cm³/mol. The maximum Gasteiger partial charge on any atom is 0.322 e. The SMILES string of the molecule is COC(=O)[C@H](N)Cc1ccc(Cl)c(OC)c1.Cl. The van der Waals surface area contributed by atoms with Crippen molar-refractivity contribution < 1.29 is 14.3 Å². The monoisotopic (exact) mass is 279 g/mol. The first-order chi connectivity index (χ1) is 7.58. The zero-order chi connectivity index (χ0) is 12.1. The van der Waals surface area contributed by atoms with Crippen molar-refractivity contribution in [1.29, 1.82) is 0 Å². The van der Waals surface area contributed by atoms with E-state index in [2.05, 4.69) is 4.74 Å². The highest BCUT2D eigenvalue weighted by molar-refractivity contribution is 6.32. The molecule has 0 unspecified atom stereocenters. The van der Waals surface area contributed by atoms with Gasteiger partial charge in [-0.3, -0.25) is 4.79 Å². The second-order valence-electron chi connectivity index (χ2n) is 3.30. The Hall–Kier alpha value is -0.970. The number of hydrogen-bond donors (Lipinski definition) is 1. The summed E-state index contributed by atoms with van der Waals surface area (Å²) in [6.45, 7) is 0. The van der Waals surface area contributed by atoms with E-state index in [0.29, 0.717) is 17.2 Å². The zero-order valence-corrected chi connectivity index (χ0v) is 11.2. The number of ether oxygens (including phenoxy) is 2. The summed E-state index contributed by atoms with van der Waals surface area (Å²) in [7, 11) is 2.84. The third-order valence-corrected chi connectivity index (χ3v) is 2.49. The van der Waals surface area contributed by atoms with Gasteiger partial charge in [0.1, 0.15) is 11.8 Å². The van der Waals surface area contributed by atoms with Gasteiger partial charge in [-0.15, -0.1) is 12.4 Å². The Morgan fingerprint density at radius 1 is 1.47 bits per heavy atom. The number of halogens is 2. The number of nitrogens with two attached hydrogens (primary N) is 1. The van der Waals surface area contributed by atoms with Crippen LogP contribution in [0.15, 0.2) is 18.2 Å². The van der Waals surface area contributed by atoms with Crippen molar-refractivity contribution in [2.75, 3.05) is 14.2 Å². The van der Waals surface area contributed by atoms with E-state index in [9.17, 15) is 4.79 Å². The van der Waals surface area contributed by atoms with Gasteiger partial charge in [-0.05, 0) is 24.1 Å². The molecule has 0 fully saturated rings. The Morgan fingerprint density at radius 3 is 2.65 bits per heavy atom. The first-order valence-electron chi connectivity index (χ1n) is 4.74. The van der Waals surface area contributed by atoms with Crippen molar-refractivity contribution in [2.45, 2.75) is 12.5 Å². The van der Waals surface area contributed by atoms with Crippen molar-refractivity contribution in [3.63, 3.8) is 0 Å². The lowest BCUT2D eigenvalue weighted by Crippen LogP contribution is -2.33. The van der Waals surface area contributed by atoms with E-state index >= 15 is 0 Å². The Kier molecular flexibility index (Phi) is 6.95. The third-order valence-electron chi connectivity index (χ3n) is 2.18. The molecule has 1 aromatic rings. The van der Waals surface area contributed by atoms with E-state index < -0.39 is 12.0 Å². The lowest BCUT2D eigenvalue weighted by molar-refractivity contribution is -0.142. The van der Waals surface area contributed by atoms with Gasteiger partial charge < -0.3 is 15.2 Å². The van der Waals surface area contributed by atoms with Gasteiger partial charge in [-0.25, -0.2) is 0 Å². The fourth-order valence-corrected chi connectivity index (χ4v) is 1.51. The van der Waals surface area contributed by atoms with Crippen molar-refractivity contribution in [3.05, 3.63) is 28.8 Å². The molecule has 0 aliphatic carbocycles. The van der Waals surface area contributed by atoms with Crippen LogP contribution in [0.4, 0.5) is 0 Å². The summed E-state index contributed by atoms with van der Waals surface area (Å²) in [5, 5.41) is 0.526. The molecule has 0 saturated heterocycles. The molecule has 1 rings (SSSR count). The summed E-state index contributed by atoms with van der Waals surface area (Å²) in [6, 6.07) is 4.59. The molecule has 96 valence electrons. The molecule has 0 bridgehead atoms. The topological polar surface area (TPSA) is 61.5 Å². The number of carbonyl (C=O) groups excluding carboxylic acids is 1. The summed E-state index contributed by atoms with van der Waals surface area (Å²) in [5.41, 5.74) is 6.52. The van der Waals surface area contributed by atoms with Gasteiger partial charge in [0.25, 0.3) is 0 Å². The van der Waals surface area contributed by atoms with Gasteiger partial charge in [-0.1, -0.05) is 17.7 Å². The highest BCUT2D eigenvalue weighted by Crippen LogP contribution is 2.25. The van der Waals surface area contributed by atoms with E-state index in [-0.39, 0.29) is 12.4 Å². The molecule has 0 aromatic heterocycles. The minimum atomic E-state index is -0.670. The van der Waals surface area contributed by atoms with Crippen LogP contribution in [-0.4, -0.2) is 26.2 Å². The maximum absolute atomic E-state index is 11.1. The average molecular weight is 280 g/mol. The van der Waals surface area contributed by atoms with E-state index in [1.165, 1.54) is 14.2 Å². The fraction of sp³-hybridized carbons (Fsp3) is 0.364. The number of hydrogen-bond acceptors (Lipinski definition) is 4. The van der Waals surface area contributed by atoms with Crippen LogP contribution in [0.25, 0.3) is 0 Å². The van der Waals surface area contributed by atoms with Gasteiger partial charge >= 0.3 is 5.97 Å². The minimum Gasteiger partial charge on any atom is -0.495 e. The minimum absolute atomic E-state index is 0. The first kappa shape index (κ1) is 16.0. The van der Waals surface area contributed by atoms with Crippen LogP contribution in [0, 0.1) is 0 Å². The van der Waals surface area contributed by atoms with Crippen LogP contribution in [0.1, 0.15) is 5.56 Å². The predicted octanol–water partition coefficient (Wildman–Crippen LogP) is 1.81. The first-order valence-corrected chi connectivity index (χ1v) is 5.12. The van der Waals surface area contributed by atoms with E-state index in [0.717, 1.165) is 5.56 Å². The standard InChI is InChI=1S/C11H14ClNO3.ClH/c1-15-10-6-7(3-4-8(10)12)5-9(13)11(14)16-2;/h3-4,6,9H,5,13H2,1-2H3;1H/t9-;/m1./s1. The van der Waals surface area contributed by atoms with Gasteiger partial charge in [0.15, 0.2) is 0 Å². The number of rotatable bonds is 4. The van der Waals surface area contributed by atoms with Crippen LogP contribution >= 0.6 is 24.0 Å². The highest BCUT2D eigenvalue weighted by atomic mass is 35.5. The molecule has 1 aromatic carbocycles. The third kappa shape index (κ3) is 4.42. The molecule has 0 saturated carbocycles. The molecule has 0 radical (unpaired) electrons. The summed E-state index contributed by atoms with van der Waals surface area (Å²) in [4.78, 5) is 11.1. The van der Waals surface area contributed by atoms with Gasteiger partial charge in [0.05, 0.1) is 19.2 Å². The molecule has 6 heteroatoms. The summed E-state index contributed by atoms with van der Waals surface area (Å²) >= 11 is 5.87. The van der Waals surface area contributed by atoms with Crippen LogP contribution in [-0.2, 0) is 16.0 Å². The lowest BCUT2D eigenvalue weighted by atomic mass is 10.1. The molecule has 17 heavy (non-hydrogen) atoms. The molecule has 2 N–H and O–H groups in total. The maximum atomic E-state index is 11.1. The van der Waals surface area contributed by atoms with Crippen LogP contribution < -0.4 is 10.5 Å². The van der Waals surface area contributed by atoms with E-state index in [1.54, 1.807) is 18.2 Å². The van der Waals surface area contributed by atoms with E-state index in [1.807, 2.05) is 0 Å². The number of carbonyl (C=O) groups is 1. The number of methoxy groups -OCH3 is 2. The molecular formula is C11H15Cl2NO3. The molecule has 0 aliphatic rings. The molecule has 1 atom stereocenters. The fourth-order valence-electron chi connectivity index (χ4n) is 1.32. The van der Waals surface area contributed by atoms with Crippen LogP contribution in [0.5, 0.6) is 5.75 Å². The van der Waals surface area contributed by atoms with Crippen molar-refractivity contribution in [1.82, 2.24) is 0 Å². The highest BCUT2D eigenvalue weighted by Gasteiger charge is 2.14.